The van der Waals surface area contributed by atoms with Gasteiger partial charge >= 0.3 is 53.6 Å². The number of nitrogens with one attached hydrogen (secondary N) is 2. The number of phosphoric acid groups is 1. The number of hydrogen-bond acceptors (Lipinski definition) is 13. The number of carbonyl (C=O) groups excluding carboxylic acids is 4. The number of amides is 2. The van der Waals surface area contributed by atoms with Crippen LogP contribution in [0.5, 0.6) is 0 Å². The Labute approximate surface area is 426 Å². The van der Waals surface area contributed by atoms with E-state index in [-0.39, 0.29) is 88.3 Å². The fourth-order valence-electron chi connectivity index (χ4n) is 7.18. The van der Waals surface area contributed by atoms with E-state index < -0.39 is 57.0 Å². The molecule has 2 atom stereocenters. The summed E-state index contributed by atoms with van der Waals surface area (Å²) in [7, 11) is -4.91. The SMILES string of the molecule is CCCCCCCCCCCCCCCCCC(=O)OC[C@H](COP(=O)([O-])OCCNC(=O)OCCOCNC(=O)CCC(=O)O)OC(=O)CCCCCCCCCCCCCCCCC.[Na+]. The zero-order valence-corrected chi connectivity index (χ0v) is 45.2. The summed E-state index contributed by atoms with van der Waals surface area (Å²) in [6.07, 6.45) is 34.0. The predicted molar refractivity (Wildman–Crippen MR) is 255 cm³/mol. The van der Waals surface area contributed by atoms with Crippen LogP contribution in [0.3, 0.4) is 0 Å². The molecule has 1 unspecified atom stereocenters. The van der Waals surface area contributed by atoms with Gasteiger partial charge in [-0.3, -0.25) is 23.7 Å². The van der Waals surface area contributed by atoms with E-state index in [4.69, 9.17) is 33.1 Å². The van der Waals surface area contributed by atoms with Crippen LogP contribution < -0.4 is 45.1 Å². The van der Waals surface area contributed by atoms with Crippen LogP contribution in [0.4, 0.5) is 4.79 Å². The van der Waals surface area contributed by atoms with Gasteiger partial charge in [0.1, 0.15) is 19.9 Å². The molecule has 67 heavy (non-hydrogen) atoms. The smallest absolute Gasteiger partial charge is 0.756 e. The zero-order chi connectivity index (χ0) is 48.6. The number of carboxylic acid groups (broad SMARTS) is 1. The van der Waals surface area contributed by atoms with Crippen LogP contribution >= 0.6 is 7.82 Å². The summed E-state index contributed by atoms with van der Waals surface area (Å²) in [4.78, 5) is 71.7. The minimum atomic E-state index is -4.91. The van der Waals surface area contributed by atoms with Crippen molar-refractivity contribution in [2.75, 3.05) is 46.3 Å². The molecule has 0 saturated carbocycles. The van der Waals surface area contributed by atoms with Crippen LogP contribution in [0.1, 0.15) is 232 Å². The molecule has 0 aliphatic carbocycles. The second-order valence-electron chi connectivity index (χ2n) is 17.4. The Bertz CT molecular complexity index is 1250. The molecule has 3 N–H and O–H groups in total. The summed E-state index contributed by atoms with van der Waals surface area (Å²) in [6.45, 7) is 2.34. The maximum Gasteiger partial charge on any atom is 1.00 e. The van der Waals surface area contributed by atoms with Crippen LogP contribution in [0.15, 0.2) is 0 Å². The van der Waals surface area contributed by atoms with Gasteiger partial charge in [-0.15, -0.1) is 0 Å². The molecule has 16 nitrogen and oxygen atoms in total. The van der Waals surface area contributed by atoms with Crippen molar-refractivity contribution >= 4 is 37.7 Å². The molecule has 0 spiro atoms. The molecule has 0 rings (SSSR count). The first-order valence-corrected chi connectivity index (χ1v) is 27.4. The Balaban J connectivity index is 0. The average molecular weight is 987 g/mol. The summed E-state index contributed by atoms with van der Waals surface area (Å²) < 4.78 is 43.2. The standard InChI is InChI=1S/C49H93N2O14P.Na/c1-3-5-7-9-11-13-15-17-19-21-23-25-27-29-31-33-47(55)62-41-44(65-48(56)34-32-30-28-26-24-22-20-18-16-14-12-10-8-6-4-2)42-64-66(58,59)63-38-37-50-49(57)61-40-39-60-43-51-45(52)35-36-46(53)54;/h44H,3-43H2,1-2H3,(H,50,57)(H,51,52)(H,53,54)(H,58,59);/q;+1/p-1/t44-;/m1./s1. The van der Waals surface area contributed by atoms with Crippen molar-refractivity contribution in [3.63, 3.8) is 0 Å². The molecule has 388 valence electrons. The summed E-state index contributed by atoms with van der Waals surface area (Å²) in [5, 5.41) is 13.3. The Kier molecular flexibility index (Phi) is 50.8. The molecular formula is C49H92N2NaO14P. The molecule has 0 bridgehead atoms. The van der Waals surface area contributed by atoms with Gasteiger partial charge in [-0.05, 0) is 12.8 Å². The van der Waals surface area contributed by atoms with Crippen molar-refractivity contribution < 1.29 is 96.1 Å². The van der Waals surface area contributed by atoms with Crippen LogP contribution in [0.2, 0.25) is 0 Å². The van der Waals surface area contributed by atoms with Crippen molar-refractivity contribution in [2.45, 2.75) is 238 Å². The van der Waals surface area contributed by atoms with Crippen molar-refractivity contribution in [3.05, 3.63) is 0 Å². The molecule has 0 aromatic rings. The van der Waals surface area contributed by atoms with Crippen LogP contribution in [-0.4, -0.2) is 87.4 Å². The minimum Gasteiger partial charge on any atom is -0.756 e. The van der Waals surface area contributed by atoms with Gasteiger partial charge in [0, 0.05) is 25.8 Å². The Morgan fingerprint density at radius 2 is 0.940 bits per heavy atom. The number of hydrogen-bond donors (Lipinski definition) is 3. The number of phosphoric ester groups is 1. The van der Waals surface area contributed by atoms with E-state index in [1.807, 2.05) is 0 Å². The van der Waals surface area contributed by atoms with Gasteiger partial charge in [-0.1, -0.05) is 194 Å². The Hall–Kier alpha value is -1.78. The first-order valence-electron chi connectivity index (χ1n) is 25.9. The topological polar surface area (TPSA) is 225 Å². The van der Waals surface area contributed by atoms with E-state index in [1.165, 1.54) is 141 Å². The summed E-state index contributed by atoms with van der Waals surface area (Å²) >= 11 is 0. The molecule has 2 amide bonds. The normalized spacial score (nSPS) is 12.4. The second-order valence-corrected chi connectivity index (χ2v) is 18.8. The van der Waals surface area contributed by atoms with Gasteiger partial charge in [-0.25, -0.2) is 4.79 Å². The molecule has 0 aliphatic heterocycles. The zero-order valence-electron chi connectivity index (χ0n) is 42.3. The molecule has 0 saturated heterocycles. The number of rotatable bonds is 50. The molecule has 0 radical (unpaired) electrons. The quantitative estimate of drug-likeness (QED) is 0.0131. The van der Waals surface area contributed by atoms with Crippen LogP contribution in [-0.2, 0) is 51.7 Å². The van der Waals surface area contributed by atoms with Crippen molar-refractivity contribution in [2.24, 2.45) is 0 Å². The number of esters is 2. The van der Waals surface area contributed by atoms with Gasteiger partial charge in [-0.2, -0.15) is 0 Å². The molecule has 0 aliphatic rings. The summed E-state index contributed by atoms with van der Waals surface area (Å²) in [5.41, 5.74) is 0. The van der Waals surface area contributed by atoms with Gasteiger partial charge in [0.05, 0.1) is 26.2 Å². The van der Waals surface area contributed by atoms with Crippen LogP contribution in [0.25, 0.3) is 0 Å². The van der Waals surface area contributed by atoms with E-state index in [1.54, 1.807) is 0 Å². The molecule has 0 aromatic carbocycles. The predicted octanol–water partition coefficient (Wildman–Crippen LogP) is 8.15. The van der Waals surface area contributed by atoms with E-state index in [9.17, 15) is 33.4 Å². The van der Waals surface area contributed by atoms with Crippen molar-refractivity contribution in [1.82, 2.24) is 10.6 Å². The minimum absolute atomic E-state index is 0. The van der Waals surface area contributed by atoms with Gasteiger partial charge in [0.25, 0.3) is 7.82 Å². The average Bonchev–Trinajstić information content (AvgIpc) is 3.29. The molecule has 0 aromatic heterocycles. The number of aliphatic carboxylic acids is 1. The van der Waals surface area contributed by atoms with E-state index in [0.29, 0.717) is 12.8 Å². The third-order valence-electron chi connectivity index (χ3n) is 11.1. The summed E-state index contributed by atoms with van der Waals surface area (Å²) in [5.74, 6) is -2.59. The van der Waals surface area contributed by atoms with Crippen molar-refractivity contribution in [1.29, 1.82) is 0 Å². The van der Waals surface area contributed by atoms with E-state index in [2.05, 4.69) is 24.5 Å². The molecule has 0 fully saturated rings. The monoisotopic (exact) mass is 987 g/mol. The Morgan fingerprint density at radius 1 is 0.507 bits per heavy atom. The van der Waals surface area contributed by atoms with Crippen LogP contribution in [0, 0.1) is 0 Å². The van der Waals surface area contributed by atoms with E-state index in [0.717, 1.165) is 38.5 Å². The number of alkyl carbamates (subject to hydrolysis) is 1. The third-order valence-corrected chi connectivity index (χ3v) is 12.1. The van der Waals surface area contributed by atoms with Gasteiger partial charge in [0.15, 0.2) is 6.10 Å². The molecule has 18 heteroatoms. The van der Waals surface area contributed by atoms with Gasteiger partial charge < -0.3 is 48.6 Å². The number of carbonyl (C=O) groups is 5. The number of carboxylic acids is 1. The maximum absolute atomic E-state index is 12.8. The van der Waals surface area contributed by atoms with E-state index >= 15 is 0 Å². The second kappa shape index (κ2) is 50.6. The maximum atomic E-state index is 12.8. The molecule has 0 heterocycles. The van der Waals surface area contributed by atoms with Crippen molar-refractivity contribution in [3.8, 4) is 0 Å². The first kappa shape index (κ1) is 67.3. The largest absolute Gasteiger partial charge is 1.00 e. The number of unbranched alkanes of at least 4 members (excludes halogenated alkanes) is 28. The first-order chi connectivity index (χ1) is 32.0. The fraction of sp³-hybridized carbons (Fsp3) is 0.898. The molecular weight excluding hydrogens is 895 g/mol. The third kappa shape index (κ3) is 51.9. The fourth-order valence-corrected chi connectivity index (χ4v) is 7.92. The Morgan fingerprint density at radius 3 is 1.39 bits per heavy atom. The van der Waals surface area contributed by atoms with Gasteiger partial charge in [0.2, 0.25) is 5.91 Å². The number of ether oxygens (including phenoxy) is 4. The summed E-state index contributed by atoms with van der Waals surface area (Å²) in [6, 6.07) is 0.